The molecule has 18 heavy (non-hydrogen) atoms. The average Bonchev–Trinajstić information content (AvgIpc) is 2.80. The van der Waals surface area contributed by atoms with Gasteiger partial charge in [-0.3, -0.25) is 9.48 Å². The standard InChI is InChI=1S/C13H22N4O/c1-3-10-8-11(17(4-2)16-10)9-15-12-6-5-7-14-13(12)18/h8,12,15H,3-7,9H2,1-2H3,(H,14,18). The van der Waals surface area contributed by atoms with Gasteiger partial charge in [-0.25, -0.2) is 0 Å². The second-order valence-electron chi connectivity index (χ2n) is 4.66. The molecule has 0 radical (unpaired) electrons. The van der Waals surface area contributed by atoms with E-state index in [1.165, 1.54) is 0 Å². The Hall–Kier alpha value is -1.36. The molecule has 5 heteroatoms. The van der Waals surface area contributed by atoms with Gasteiger partial charge in [0.15, 0.2) is 0 Å². The summed E-state index contributed by atoms with van der Waals surface area (Å²) in [6, 6.07) is 2.07. The van der Waals surface area contributed by atoms with Crippen LogP contribution in [0.4, 0.5) is 0 Å². The second kappa shape index (κ2) is 6.00. The van der Waals surface area contributed by atoms with Crippen LogP contribution in [0.1, 0.15) is 38.1 Å². The van der Waals surface area contributed by atoms with Crippen molar-refractivity contribution in [2.45, 2.75) is 52.2 Å². The van der Waals surface area contributed by atoms with Crippen molar-refractivity contribution in [3.8, 4) is 0 Å². The third-order valence-corrected chi connectivity index (χ3v) is 3.39. The van der Waals surface area contributed by atoms with Gasteiger partial charge in [-0.2, -0.15) is 5.10 Å². The average molecular weight is 250 g/mol. The molecule has 2 rings (SSSR count). The lowest BCUT2D eigenvalue weighted by Crippen LogP contribution is -2.48. The van der Waals surface area contributed by atoms with Crippen LogP contribution in [0.5, 0.6) is 0 Å². The Morgan fingerprint density at radius 2 is 2.39 bits per heavy atom. The Kier molecular flexibility index (Phi) is 4.36. The molecule has 1 saturated heterocycles. The van der Waals surface area contributed by atoms with Crippen molar-refractivity contribution in [3.05, 3.63) is 17.5 Å². The van der Waals surface area contributed by atoms with E-state index < -0.39 is 0 Å². The van der Waals surface area contributed by atoms with E-state index in [9.17, 15) is 4.79 Å². The maximum Gasteiger partial charge on any atom is 0.237 e. The fourth-order valence-electron chi connectivity index (χ4n) is 2.30. The van der Waals surface area contributed by atoms with Crippen LogP contribution in [0, 0.1) is 0 Å². The van der Waals surface area contributed by atoms with Crippen LogP contribution in [0.15, 0.2) is 6.07 Å². The first-order valence-electron chi connectivity index (χ1n) is 6.81. The van der Waals surface area contributed by atoms with E-state index in [4.69, 9.17) is 0 Å². The van der Waals surface area contributed by atoms with Crippen molar-refractivity contribution in [2.24, 2.45) is 0 Å². The highest BCUT2D eigenvalue weighted by Gasteiger charge is 2.21. The molecule has 0 aromatic carbocycles. The Morgan fingerprint density at radius 1 is 1.56 bits per heavy atom. The van der Waals surface area contributed by atoms with Crippen molar-refractivity contribution in [3.63, 3.8) is 0 Å². The van der Waals surface area contributed by atoms with Gasteiger partial charge in [0.05, 0.1) is 17.4 Å². The lowest BCUT2D eigenvalue weighted by Gasteiger charge is -2.22. The zero-order valence-electron chi connectivity index (χ0n) is 11.2. The molecule has 2 heterocycles. The first-order chi connectivity index (χ1) is 8.74. The minimum atomic E-state index is -0.0518. The summed E-state index contributed by atoms with van der Waals surface area (Å²) in [4.78, 5) is 11.6. The lowest BCUT2D eigenvalue weighted by molar-refractivity contribution is -0.124. The number of amides is 1. The zero-order valence-corrected chi connectivity index (χ0v) is 11.2. The molecule has 0 bridgehead atoms. The maximum absolute atomic E-state index is 11.6. The molecule has 5 nitrogen and oxygen atoms in total. The first-order valence-corrected chi connectivity index (χ1v) is 6.81. The van der Waals surface area contributed by atoms with Gasteiger partial charge in [0, 0.05) is 19.6 Å². The highest BCUT2D eigenvalue weighted by Crippen LogP contribution is 2.08. The molecule has 1 atom stereocenters. The molecule has 0 aliphatic carbocycles. The van der Waals surface area contributed by atoms with E-state index in [0.717, 1.165) is 43.7 Å². The number of nitrogens with zero attached hydrogens (tertiary/aromatic N) is 2. The molecule has 1 amide bonds. The fourth-order valence-corrected chi connectivity index (χ4v) is 2.30. The van der Waals surface area contributed by atoms with Crippen LogP contribution in [0.25, 0.3) is 0 Å². The minimum absolute atomic E-state index is 0.0518. The Bertz CT molecular complexity index is 413. The third-order valence-electron chi connectivity index (χ3n) is 3.39. The maximum atomic E-state index is 11.6. The van der Waals surface area contributed by atoms with Gasteiger partial charge >= 0.3 is 0 Å². The van der Waals surface area contributed by atoms with Gasteiger partial charge in [0.25, 0.3) is 0 Å². The number of piperidine rings is 1. The summed E-state index contributed by atoms with van der Waals surface area (Å²) in [6.45, 7) is 6.58. The third kappa shape index (κ3) is 2.90. The van der Waals surface area contributed by atoms with Crippen LogP contribution in [-0.4, -0.2) is 28.3 Å². The van der Waals surface area contributed by atoms with Gasteiger partial charge in [-0.05, 0) is 32.3 Å². The second-order valence-corrected chi connectivity index (χ2v) is 4.66. The molecule has 2 N–H and O–H groups in total. The SMILES string of the molecule is CCc1cc(CNC2CCCNC2=O)n(CC)n1. The smallest absolute Gasteiger partial charge is 0.237 e. The molecular weight excluding hydrogens is 228 g/mol. The lowest BCUT2D eigenvalue weighted by atomic mass is 10.1. The Labute approximate surface area is 108 Å². The molecule has 100 valence electrons. The topological polar surface area (TPSA) is 58.9 Å². The van der Waals surface area contributed by atoms with Gasteiger partial charge in [0.1, 0.15) is 0 Å². The quantitative estimate of drug-likeness (QED) is 0.814. The van der Waals surface area contributed by atoms with Crippen molar-refractivity contribution in [1.82, 2.24) is 20.4 Å². The highest BCUT2D eigenvalue weighted by molar-refractivity contribution is 5.82. The largest absolute Gasteiger partial charge is 0.355 e. The molecular formula is C13H22N4O. The van der Waals surface area contributed by atoms with Gasteiger partial charge in [0.2, 0.25) is 5.91 Å². The number of nitrogens with one attached hydrogen (secondary N) is 2. The number of carbonyl (C=O) groups excluding carboxylic acids is 1. The highest BCUT2D eigenvalue weighted by atomic mass is 16.2. The number of carbonyl (C=O) groups is 1. The van der Waals surface area contributed by atoms with Crippen LogP contribution in [0.2, 0.25) is 0 Å². The van der Waals surface area contributed by atoms with Crippen LogP contribution < -0.4 is 10.6 Å². The number of hydrogen-bond acceptors (Lipinski definition) is 3. The van der Waals surface area contributed by atoms with Crippen LogP contribution in [0.3, 0.4) is 0 Å². The summed E-state index contributed by atoms with van der Waals surface area (Å²) in [5.74, 6) is 0.125. The molecule has 0 saturated carbocycles. The number of rotatable bonds is 5. The van der Waals surface area contributed by atoms with Gasteiger partial charge in [-0.1, -0.05) is 6.92 Å². The summed E-state index contributed by atoms with van der Waals surface area (Å²) < 4.78 is 2.01. The van der Waals surface area contributed by atoms with E-state index >= 15 is 0 Å². The van der Waals surface area contributed by atoms with Gasteiger partial charge in [-0.15, -0.1) is 0 Å². The zero-order chi connectivity index (χ0) is 13.0. The normalized spacial score (nSPS) is 19.9. The summed E-state index contributed by atoms with van der Waals surface area (Å²) in [5.41, 5.74) is 2.27. The van der Waals surface area contributed by atoms with E-state index in [-0.39, 0.29) is 11.9 Å². The summed E-state index contributed by atoms with van der Waals surface area (Å²) >= 11 is 0. The van der Waals surface area contributed by atoms with Crippen LogP contribution >= 0.6 is 0 Å². The summed E-state index contributed by atoms with van der Waals surface area (Å²) in [5, 5.41) is 10.7. The van der Waals surface area contributed by atoms with E-state index in [1.807, 2.05) is 4.68 Å². The molecule has 1 unspecified atom stereocenters. The predicted molar refractivity (Wildman–Crippen MR) is 70.2 cm³/mol. The van der Waals surface area contributed by atoms with E-state index in [0.29, 0.717) is 6.54 Å². The molecule has 1 aromatic rings. The van der Waals surface area contributed by atoms with Crippen LogP contribution in [-0.2, 0) is 24.3 Å². The predicted octanol–water partition coefficient (Wildman–Crippen LogP) is 0.834. The van der Waals surface area contributed by atoms with Crippen molar-refractivity contribution < 1.29 is 4.79 Å². The van der Waals surface area contributed by atoms with E-state index in [1.54, 1.807) is 0 Å². The first kappa shape index (κ1) is 13.1. The number of aryl methyl sites for hydroxylation is 2. The molecule has 1 aliphatic rings. The number of hydrogen-bond donors (Lipinski definition) is 2. The fraction of sp³-hybridized carbons (Fsp3) is 0.692. The molecule has 1 aromatic heterocycles. The van der Waals surface area contributed by atoms with Gasteiger partial charge < -0.3 is 10.6 Å². The Morgan fingerprint density at radius 3 is 3.06 bits per heavy atom. The molecule has 1 fully saturated rings. The molecule has 1 aliphatic heterocycles. The summed E-state index contributed by atoms with van der Waals surface area (Å²) in [6.07, 6.45) is 2.92. The minimum Gasteiger partial charge on any atom is -0.355 e. The van der Waals surface area contributed by atoms with E-state index in [2.05, 4.69) is 35.6 Å². The number of aromatic nitrogens is 2. The van der Waals surface area contributed by atoms with Crippen molar-refractivity contribution in [2.75, 3.05) is 6.54 Å². The van der Waals surface area contributed by atoms with Crippen molar-refractivity contribution >= 4 is 5.91 Å². The molecule has 0 spiro atoms. The Balaban J connectivity index is 1.96. The van der Waals surface area contributed by atoms with Crippen molar-refractivity contribution in [1.29, 1.82) is 0 Å². The monoisotopic (exact) mass is 250 g/mol. The summed E-state index contributed by atoms with van der Waals surface area (Å²) in [7, 11) is 0.